The SMILES string of the molecule is COCCOc1c(C=Cc2nc3sc4ccccc4n3c(=O)c2-c2ccc(C(F)(F)F)cc2)cccc1OC. The van der Waals surface area contributed by atoms with Crippen LogP contribution in [0.5, 0.6) is 11.5 Å². The Morgan fingerprint density at radius 3 is 2.44 bits per heavy atom. The highest BCUT2D eigenvalue weighted by Crippen LogP contribution is 2.35. The first kappa shape index (κ1) is 26.5. The number of halogens is 3. The number of methoxy groups -OCH3 is 2. The molecule has 39 heavy (non-hydrogen) atoms. The molecule has 0 bridgehead atoms. The largest absolute Gasteiger partial charge is 0.493 e. The van der Waals surface area contributed by atoms with Gasteiger partial charge in [-0.15, -0.1) is 0 Å². The van der Waals surface area contributed by atoms with Gasteiger partial charge in [0.15, 0.2) is 16.5 Å². The van der Waals surface area contributed by atoms with Crippen molar-refractivity contribution in [2.75, 3.05) is 27.4 Å². The Hall–Kier alpha value is -4.15. The Morgan fingerprint density at radius 1 is 0.949 bits per heavy atom. The number of aromatic nitrogens is 2. The van der Waals surface area contributed by atoms with Crippen LogP contribution in [0.4, 0.5) is 13.2 Å². The summed E-state index contributed by atoms with van der Waals surface area (Å²) in [4.78, 5) is 19.1. The minimum Gasteiger partial charge on any atom is -0.493 e. The molecule has 0 fully saturated rings. The van der Waals surface area contributed by atoms with E-state index in [1.807, 2.05) is 30.3 Å². The molecule has 0 aliphatic carbocycles. The van der Waals surface area contributed by atoms with Gasteiger partial charge in [-0.1, -0.05) is 47.7 Å². The van der Waals surface area contributed by atoms with Crippen molar-refractivity contribution in [3.05, 3.63) is 93.9 Å². The van der Waals surface area contributed by atoms with E-state index in [1.165, 1.54) is 35.0 Å². The number of hydrogen-bond acceptors (Lipinski definition) is 6. The molecule has 0 amide bonds. The molecule has 0 atom stereocenters. The van der Waals surface area contributed by atoms with E-state index in [2.05, 4.69) is 0 Å². The van der Waals surface area contributed by atoms with Crippen LogP contribution in [0.15, 0.2) is 71.5 Å². The van der Waals surface area contributed by atoms with Crippen molar-refractivity contribution in [2.45, 2.75) is 6.18 Å². The van der Waals surface area contributed by atoms with Gasteiger partial charge in [0.25, 0.3) is 5.56 Å². The smallest absolute Gasteiger partial charge is 0.416 e. The zero-order valence-electron chi connectivity index (χ0n) is 21.0. The molecule has 5 rings (SSSR count). The summed E-state index contributed by atoms with van der Waals surface area (Å²) < 4.78 is 58.4. The van der Waals surface area contributed by atoms with Crippen molar-refractivity contribution in [3.8, 4) is 22.6 Å². The normalized spacial score (nSPS) is 12.0. The maximum atomic E-state index is 13.9. The molecule has 10 heteroatoms. The van der Waals surface area contributed by atoms with Crippen molar-refractivity contribution in [3.63, 3.8) is 0 Å². The number of rotatable bonds is 8. The number of nitrogens with zero attached hydrogens (tertiary/aromatic N) is 2. The van der Waals surface area contributed by atoms with Crippen LogP contribution in [0.1, 0.15) is 16.8 Å². The van der Waals surface area contributed by atoms with Crippen LogP contribution in [0.3, 0.4) is 0 Å². The first-order valence-electron chi connectivity index (χ1n) is 11.9. The molecule has 200 valence electrons. The topological polar surface area (TPSA) is 62.1 Å². The third-order valence-corrected chi connectivity index (χ3v) is 7.09. The first-order chi connectivity index (χ1) is 18.8. The molecule has 0 N–H and O–H groups in total. The van der Waals surface area contributed by atoms with Gasteiger partial charge in [-0.05, 0) is 48.0 Å². The lowest BCUT2D eigenvalue weighted by atomic mass is 10.0. The van der Waals surface area contributed by atoms with E-state index in [4.69, 9.17) is 19.2 Å². The Bertz CT molecular complexity index is 1720. The number of fused-ring (bicyclic) bond motifs is 3. The molecule has 0 spiro atoms. The highest BCUT2D eigenvalue weighted by atomic mass is 32.1. The Kier molecular flexibility index (Phi) is 7.40. The van der Waals surface area contributed by atoms with Gasteiger partial charge in [0.1, 0.15) is 6.61 Å². The quantitative estimate of drug-likeness (QED) is 0.198. The predicted molar refractivity (Wildman–Crippen MR) is 147 cm³/mol. The van der Waals surface area contributed by atoms with Crippen LogP contribution < -0.4 is 15.0 Å². The van der Waals surface area contributed by atoms with E-state index >= 15 is 0 Å². The summed E-state index contributed by atoms with van der Waals surface area (Å²) in [5, 5.41) is 0. The standard InChI is InChI=1S/C29H23F3N2O4S/c1-36-16-17-38-26-19(6-5-8-23(26)37-2)12-15-21-25(18-10-13-20(14-11-18)29(30,31)32)27(35)34-22-7-3-4-9-24(22)39-28(34)33-21/h3-15H,16-17H2,1-2H3. The summed E-state index contributed by atoms with van der Waals surface area (Å²) in [6.45, 7) is 0.669. The van der Waals surface area contributed by atoms with Crippen LogP contribution in [0.25, 0.3) is 38.5 Å². The van der Waals surface area contributed by atoms with Gasteiger partial charge in [-0.25, -0.2) is 4.98 Å². The van der Waals surface area contributed by atoms with Gasteiger partial charge in [0.2, 0.25) is 0 Å². The van der Waals surface area contributed by atoms with Crippen molar-refractivity contribution in [1.82, 2.24) is 9.38 Å². The molecule has 0 aliphatic rings. The maximum absolute atomic E-state index is 13.9. The van der Waals surface area contributed by atoms with E-state index in [0.29, 0.717) is 52.0 Å². The first-order valence-corrected chi connectivity index (χ1v) is 12.7. The number of hydrogen-bond donors (Lipinski definition) is 0. The lowest BCUT2D eigenvalue weighted by Gasteiger charge is -2.13. The summed E-state index contributed by atoms with van der Waals surface area (Å²) in [5.74, 6) is 1.01. The van der Waals surface area contributed by atoms with Gasteiger partial charge < -0.3 is 14.2 Å². The van der Waals surface area contributed by atoms with Gasteiger partial charge in [-0.2, -0.15) is 13.2 Å². The van der Waals surface area contributed by atoms with Gasteiger partial charge in [0, 0.05) is 12.7 Å². The molecule has 0 radical (unpaired) electrons. The zero-order valence-corrected chi connectivity index (χ0v) is 21.8. The second-order valence-corrected chi connectivity index (χ2v) is 9.50. The molecule has 0 aliphatic heterocycles. The average Bonchev–Trinajstić information content (AvgIpc) is 3.30. The van der Waals surface area contributed by atoms with E-state index in [-0.39, 0.29) is 11.1 Å². The monoisotopic (exact) mass is 552 g/mol. The maximum Gasteiger partial charge on any atom is 0.416 e. The molecule has 5 aromatic rings. The molecular formula is C29H23F3N2O4S. The number of para-hydroxylation sites is 2. The fourth-order valence-electron chi connectivity index (χ4n) is 4.22. The van der Waals surface area contributed by atoms with Crippen LogP contribution in [-0.4, -0.2) is 36.8 Å². The van der Waals surface area contributed by atoms with E-state index in [1.54, 1.807) is 31.4 Å². The molecule has 0 unspecified atom stereocenters. The zero-order chi connectivity index (χ0) is 27.6. The summed E-state index contributed by atoms with van der Waals surface area (Å²) in [5.41, 5.74) is 1.00. The van der Waals surface area contributed by atoms with Crippen molar-refractivity contribution in [2.24, 2.45) is 0 Å². The fraction of sp³-hybridized carbons (Fsp3) is 0.172. The van der Waals surface area contributed by atoms with E-state index in [0.717, 1.165) is 16.8 Å². The Morgan fingerprint density at radius 2 is 1.72 bits per heavy atom. The van der Waals surface area contributed by atoms with Crippen LogP contribution in [0.2, 0.25) is 0 Å². The summed E-state index contributed by atoms with van der Waals surface area (Å²) in [6, 6.07) is 17.3. The lowest BCUT2D eigenvalue weighted by Crippen LogP contribution is -2.17. The lowest BCUT2D eigenvalue weighted by molar-refractivity contribution is -0.137. The number of alkyl halides is 3. The highest BCUT2D eigenvalue weighted by Gasteiger charge is 2.30. The third-order valence-electron chi connectivity index (χ3n) is 6.07. The molecule has 2 aromatic heterocycles. The minimum atomic E-state index is -4.49. The summed E-state index contributed by atoms with van der Waals surface area (Å²) in [7, 11) is 3.11. The number of ether oxygens (including phenoxy) is 3. The average molecular weight is 553 g/mol. The van der Waals surface area contributed by atoms with Crippen molar-refractivity contribution < 1.29 is 27.4 Å². The molecule has 6 nitrogen and oxygen atoms in total. The van der Waals surface area contributed by atoms with Gasteiger partial charge >= 0.3 is 6.18 Å². The van der Waals surface area contributed by atoms with Gasteiger partial charge in [-0.3, -0.25) is 9.20 Å². The molecule has 0 saturated carbocycles. The van der Waals surface area contributed by atoms with Crippen LogP contribution in [0, 0.1) is 0 Å². The van der Waals surface area contributed by atoms with Gasteiger partial charge in [0.05, 0.1) is 40.8 Å². The van der Waals surface area contributed by atoms with Crippen LogP contribution >= 0.6 is 11.3 Å². The molecule has 0 saturated heterocycles. The highest BCUT2D eigenvalue weighted by molar-refractivity contribution is 7.23. The van der Waals surface area contributed by atoms with Crippen molar-refractivity contribution >= 4 is 38.7 Å². The number of benzene rings is 3. The Labute approximate surface area is 225 Å². The summed E-state index contributed by atoms with van der Waals surface area (Å²) in [6.07, 6.45) is -1.09. The second kappa shape index (κ2) is 10.9. The molecular weight excluding hydrogens is 529 g/mol. The minimum absolute atomic E-state index is 0.186. The number of thiazole rings is 1. The third kappa shape index (κ3) is 5.25. The predicted octanol–water partition coefficient (Wildman–Crippen LogP) is 6.80. The fourth-order valence-corrected chi connectivity index (χ4v) is 5.24. The van der Waals surface area contributed by atoms with Crippen molar-refractivity contribution in [1.29, 1.82) is 0 Å². The van der Waals surface area contributed by atoms with E-state index in [9.17, 15) is 18.0 Å². The molecule has 3 aromatic carbocycles. The Balaban J connectivity index is 1.69. The van der Waals surface area contributed by atoms with E-state index < -0.39 is 11.7 Å². The van der Waals surface area contributed by atoms with Crippen LogP contribution in [-0.2, 0) is 10.9 Å². The summed E-state index contributed by atoms with van der Waals surface area (Å²) >= 11 is 1.35. The molecule has 2 heterocycles. The second-order valence-electron chi connectivity index (χ2n) is 8.49.